The van der Waals surface area contributed by atoms with Gasteiger partial charge in [-0.1, -0.05) is 29.8 Å². The van der Waals surface area contributed by atoms with Crippen LogP contribution in [0.3, 0.4) is 0 Å². The summed E-state index contributed by atoms with van der Waals surface area (Å²) < 4.78 is 34.4. The molecule has 4 rings (SSSR count). The zero-order valence-electron chi connectivity index (χ0n) is 16.9. The smallest absolute Gasteiger partial charge is 0.240 e. The van der Waals surface area contributed by atoms with Gasteiger partial charge in [0.05, 0.1) is 29.9 Å². The molecule has 0 spiro atoms. The number of ether oxygens (including phenoxy) is 1. The molecule has 2 aromatic rings. The van der Waals surface area contributed by atoms with Gasteiger partial charge in [0, 0.05) is 19.5 Å². The predicted octanol–water partition coefficient (Wildman–Crippen LogP) is 1.86. The van der Waals surface area contributed by atoms with Crippen LogP contribution in [0.1, 0.15) is 34.8 Å². The van der Waals surface area contributed by atoms with Gasteiger partial charge in [0.1, 0.15) is 0 Å². The second kappa shape index (κ2) is 8.47. The molecule has 0 saturated heterocycles. The van der Waals surface area contributed by atoms with E-state index < -0.39 is 16.1 Å². The summed E-state index contributed by atoms with van der Waals surface area (Å²) in [6, 6.07) is 11.0. The van der Waals surface area contributed by atoms with Gasteiger partial charge in [-0.15, -0.1) is 0 Å². The Hall–Kier alpha value is -2.26. The highest BCUT2D eigenvalue weighted by atomic mass is 32.2. The number of aliphatic hydroxyl groups is 1. The largest absolute Gasteiger partial charge is 0.394 e. The normalized spacial score (nSPS) is 16.6. The van der Waals surface area contributed by atoms with Crippen LogP contribution in [0.2, 0.25) is 0 Å². The highest BCUT2D eigenvalue weighted by molar-refractivity contribution is 7.89. The first-order valence-corrected chi connectivity index (χ1v) is 11.6. The fourth-order valence-electron chi connectivity index (χ4n) is 4.10. The van der Waals surface area contributed by atoms with Crippen LogP contribution in [-0.4, -0.2) is 45.7 Å². The highest BCUT2D eigenvalue weighted by Gasteiger charge is 2.33. The third-order valence-electron chi connectivity index (χ3n) is 5.65. The van der Waals surface area contributed by atoms with Gasteiger partial charge in [0.2, 0.25) is 15.9 Å². The first kappa shape index (κ1) is 21.0. The lowest BCUT2D eigenvalue weighted by atomic mass is 10.00. The summed E-state index contributed by atoms with van der Waals surface area (Å²) in [4.78, 5) is 14.1. The van der Waals surface area contributed by atoms with E-state index in [9.17, 15) is 13.2 Å². The fourth-order valence-corrected chi connectivity index (χ4v) is 5.23. The maximum absolute atomic E-state index is 13.0. The number of amides is 1. The van der Waals surface area contributed by atoms with E-state index in [1.165, 1.54) is 0 Å². The molecule has 160 valence electrons. The van der Waals surface area contributed by atoms with Crippen LogP contribution in [0.25, 0.3) is 0 Å². The molecule has 2 N–H and O–H groups in total. The van der Waals surface area contributed by atoms with Gasteiger partial charge in [0.25, 0.3) is 0 Å². The summed E-state index contributed by atoms with van der Waals surface area (Å²) >= 11 is 0. The molecule has 2 heterocycles. The van der Waals surface area contributed by atoms with E-state index >= 15 is 0 Å². The summed E-state index contributed by atoms with van der Waals surface area (Å²) in [5, 5.41) is 9.11. The monoisotopic (exact) mass is 430 g/mol. The lowest BCUT2D eigenvalue weighted by Crippen LogP contribution is -2.33. The highest BCUT2D eigenvalue weighted by Crippen LogP contribution is 2.38. The molecule has 0 unspecified atom stereocenters. The first-order chi connectivity index (χ1) is 14.4. The number of carbonyl (C=O) groups excluding carboxylic acids is 1. The molecule has 0 saturated carbocycles. The fraction of sp³-hybridized carbons (Fsp3) is 0.409. The van der Waals surface area contributed by atoms with Crippen molar-refractivity contribution in [2.45, 2.75) is 37.2 Å². The average Bonchev–Trinajstić information content (AvgIpc) is 3.17. The molecular weight excluding hydrogens is 404 g/mol. The van der Waals surface area contributed by atoms with Crippen LogP contribution < -0.4 is 9.62 Å². The minimum Gasteiger partial charge on any atom is -0.394 e. The number of sulfonamides is 1. The van der Waals surface area contributed by atoms with Gasteiger partial charge in [-0.05, 0) is 48.6 Å². The standard InChI is InChI=1S/C22H26N2O5S/c1-15-2-4-16(5-3-15)20(29-11-10-25)14-23-30(27,28)19-12-17-6-7-21(26)24-9-8-18(13-19)22(17)24/h2-5,12-13,20,23,25H,6-11,14H2,1H3/t20-/m1/s1. The number of nitrogens with one attached hydrogen (secondary N) is 1. The second-order valence-corrected chi connectivity index (χ2v) is 9.50. The number of carbonyl (C=O) groups is 1. The van der Waals surface area contributed by atoms with Crippen LogP contribution >= 0.6 is 0 Å². The molecule has 0 fully saturated rings. The Morgan fingerprint density at radius 2 is 1.83 bits per heavy atom. The van der Waals surface area contributed by atoms with Crippen molar-refractivity contribution in [1.29, 1.82) is 0 Å². The maximum atomic E-state index is 13.0. The van der Waals surface area contributed by atoms with E-state index in [0.717, 1.165) is 27.9 Å². The predicted molar refractivity (Wildman–Crippen MR) is 113 cm³/mol. The number of nitrogens with zero attached hydrogens (tertiary/aromatic N) is 1. The Bertz CT molecular complexity index is 1050. The van der Waals surface area contributed by atoms with E-state index in [1.54, 1.807) is 17.0 Å². The molecule has 0 bridgehead atoms. The van der Waals surface area contributed by atoms with Crippen LogP contribution in [0.4, 0.5) is 5.69 Å². The number of aliphatic hydroxyl groups excluding tert-OH is 1. The number of anilines is 1. The molecule has 30 heavy (non-hydrogen) atoms. The van der Waals surface area contributed by atoms with Crippen LogP contribution in [0, 0.1) is 6.92 Å². The summed E-state index contributed by atoms with van der Waals surface area (Å²) in [5.41, 5.74) is 4.66. The van der Waals surface area contributed by atoms with Crippen molar-refractivity contribution in [2.75, 3.05) is 31.2 Å². The Labute approximate surface area is 176 Å². The number of aryl methyl sites for hydroxylation is 2. The van der Waals surface area contributed by atoms with Gasteiger partial charge in [-0.2, -0.15) is 0 Å². The molecule has 1 atom stereocenters. The summed E-state index contributed by atoms with van der Waals surface area (Å²) in [7, 11) is -3.75. The molecule has 2 aliphatic rings. The van der Waals surface area contributed by atoms with Gasteiger partial charge in [-0.25, -0.2) is 13.1 Å². The maximum Gasteiger partial charge on any atom is 0.240 e. The molecule has 8 heteroatoms. The molecule has 7 nitrogen and oxygen atoms in total. The molecule has 2 aromatic carbocycles. The van der Waals surface area contributed by atoms with Gasteiger partial charge in [0.15, 0.2) is 0 Å². The zero-order chi connectivity index (χ0) is 21.3. The lowest BCUT2D eigenvalue weighted by molar-refractivity contribution is -0.118. The Balaban J connectivity index is 1.55. The molecule has 0 radical (unpaired) electrons. The summed E-state index contributed by atoms with van der Waals surface area (Å²) in [6.45, 7) is 2.63. The van der Waals surface area contributed by atoms with Gasteiger partial charge >= 0.3 is 0 Å². The number of hydrogen-bond acceptors (Lipinski definition) is 5. The van der Waals surface area contributed by atoms with E-state index in [-0.39, 0.29) is 30.6 Å². The summed E-state index contributed by atoms with van der Waals surface area (Å²) in [6.07, 6.45) is 1.14. The third-order valence-corrected chi connectivity index (χ3v) is 7.06. The molecule has 0 aliphatic carbocycles. The van der Waals surface area contributed by atoms with Crippen LogP contribution in [0.15, 0.2) is 41.3 Å². The number of benzene rings is 2. The summed E-state index contributed by atoms with van der Waals surface area (Å²) in [5.74, 6) is 0.108. The van der Waals surface area contributed by atoms with Crippen molar-refractivity contribution < 1.29 is 23.1 Å². The topological polar surface area (TPSA) is 95.9 Å². The quantitative estimate of drug-likeness (QED) is 0.667. The van der Waals surface area contributed by atoms with E-state index in [4.69, 9.17) is 9.84 Å². The minimum atomic E-state index is -3.75. The van der Waals surface area contributed by atoms with Crippen molar-refractivity contribution in [1.82, 2.24) is 4.72 Å². The van der Waals surface area contributed by atoms with Crippen molar-refractivity contribution in [3.8, 4) is 0 Å². The van der Waals surface area contributed by atoms with Crippen molar-refractivity contribution in [2.24, 2.45) is 0 Å². The first-order valence-electron chi connectivity index (χ1n) is 10.1. The second-order valence-electron chi connectivity index (χ2n) is 7.73. The number of rotatable bonds is 8. The zero-order valence-corrected chi connectivity index (χ0v) is 17.7. The van der Waals surface area contributed by atoms with Crippen molar-refractivity contribution >= 4 is 21.6 Å². The average molecular weight is 431 g/mol. The van der Waals surface area contributed by atoms with Crippen LogP contribution in [-0.2, 0) is 32.4 Å². The molecular formula is C22H26N2O5S. The SMILES string of the molecule is Cc1ccc([C@@H](CNS(=O)(=O)c2cc3c4c(c2)CCN4C(=O)CC3)OCCO)cc1. The van der Waals surface area contributed by atoms with E-state index in [2.05, 4.69) is 4.72 Å². The van der Waals surface area contributed by atoms with Crippen molar-refractivity contribution in [3.05, 3.63) is 58.7 Å². The Morgan fingerprint density at radius 3 is 2.53 bits per heavy atom. The van der Waals surface area contributed by atoms with E-state index in [1.807, 2.05) is 31.2 Å². The van der Waals surface area contributed by atoms with Crippen molar-refractivity contribution in [3.63, 3.8) is 0 Å². The lowest BCUT2D eigenvalue weighted by Gasteiger charge is -2.26. The Kier molecular flexibility index (Phi) is 5.92. The van der Waals surface area contributed by atoms with Gasteiger partial charge in [-0.3, -0.25) is 4.79 Å². The molecule has 2 aliphatic heterocycles. The number of hydrogen-bond donors (Lipinski definition) is 2. The third kappa shape index (κ3) is 4.13. The van der Waals surface area contributed by atoms with E-state index in [0.29, 0.717) is 25.8 Å². The molecule has 0 aromatic heterocycles. The van der Waals surface area contributed by atoms with Gasteiger partial charge < -0.3 is 14.7 Å². The molecule has 1 amide bonds. The minimum absolute atomic E-state index is 0.0580. The van der Waals surface area contributed by atoms with Crippen LogP contribution in [0.5, 0.6) is 0 Å². The Morgan fingerprint density at radius 1 is 1.13 bits per heavy atom.